The van der Waals surface area contributed by atoms with Crippen LogP contribution in [-0.2, 0) is 11.3 Å². The molecular weight excluding hydrogens is 538 g/mol. The first-order valence-corrected chi connectivity index (χ1v) is 15.3. The van der Waals surface area contributed by atoms with E-state index in [0.717, 1.165) is 79.7 Å². The summed E-state index contributed by atoms with van der Waals surface area (Å²) in [5.41, 5.74) is 11.9. The molecule has 1 aliphatic heterocycles. The van der Waals surface area contributed by atoms with Gasteiger partial charge in [-0.15, -0.1) is 0 Å². The highest BCUT2D eigenvalue weighted by molar-refractivity contribution is 6.06. The Balaban J connectivity index is 1.43. The zero-order valence-corrected chi connectivity index (χ0v) is 24.9. The summed E-state index contributed by atoms with van der Waals surface area (Å²) in [4.78, 5) is 30.3. The topological polar surface area (TPSA) is 112 Å². The molecular formula is C35H41N5O3. The first-order valence-electron chi connectivity index (χ1n) is 15.3. The van der Waals surface area contributed by atoms with Crippen molar-refractivity contribution in [1.82, 2.24) is 4.90 Å². The minimum absolute atomic E-state index is 0.104. The number of nitrogens with two attached hydrogens (primary N) is 1. The Hall–Kier alpha value is -4.35. The summed E-state index contributed by atoms with van der Waals surface area (Å²) in [6.07, 6.45) is 7.89. The van der Waals surface area contributed by atoms with E-state index in [1.54, 1.807) is 24.3 Å². The number of rotatable bonds is 7. The number of ether oxygens (including phenoxy) is 1. The molecule has 43 heavy (non-hydrogen) atoms. The first-order chi connectivity index (χ1) is 20.9. The maximum atomic E-state index is 13.3. The number of nitriles is 1. The number of hydrogen-bond acceptors (Lipinski definition) is 6. The molecule has 1 saturated carbocycles. The van der Waals surface area contributed by atoms with E-state index in [1.807, 2.05) is 23.1 Å². The van der Waals surface area contributed by atoms with Gasteiger partial charge in [-0.3, -0.25) is 4.79 Å². The molecule has 0 bridgehead atoms. The minimum Gasteiger partial charge on any atom is -0.453 e. The molecule has 224 valence electrons. The van der Waals surface area contributed by atoms with E-state index >= 15 is 0 Å². The Morgan fingerprint density at radius 3 is 2.33 bits per heavy atom. The van der Waals surface area contributed by atoms with Gasteiger partial charge in [-0.25, -0.2) is 4.79 Å². The second kappa shape index (κ2) is 14.2. The summed E-state index contributed by atoms with van der Waals surface area (Å²) >= 11 is 0. The summed E-state index contributed by atoms with van der Waals surface area (Å²) in [5, 5.41) is 12.3. The molecule has 0 unspecified atom stereocenters. The third kappa shape index (κ3) is 7.54. The van der Waals surface area contributed by atoms with Crippen LogP contribution in [-0.4, -0.2) is 49.2 Å². The lowest BCUT2D eigenvalue weighted by Crippen LogP contribution is -2.43. The van der Waals surface area contributed by atoms with Crippen LogP contribution in [0.5, 0.6) is 0 Å². The number of methoxy groups -OCH3 is 1. The summed E-state index contributed by atoms with van der Waals surface area (Å²) in [7, 11) is 1.43. The molecule has 5 rings (SSSR count). The van der Waals surface area contributed by atoms with Crippen LogP contribution in [0, 0.1) is 11.3 Å². The Labute approximate surface area is 254 Å². The van der Waals surface area contributed by atoms with Gasteiger partial charge in [0.25, 0.3) is 5.91 Å². The van der Waals surface area contributed by atoms with Crippen LogP contribution >= 0.6 is 0 Å². The van der Waals surface area contributed by atoms with Crippen molar-refractivity contribution in [3.8, 4) is 17.2 Å². The quantitative estimate of drug-likeness (QED) is 0.322. The average Bonchev–Trinajstić information content (AvgIpc) is 3.33. The highest BCUT2D eigenvalue weighted by Gasteiger charge is 2.28. The first kappa shape index (κ1) is 30.1. The van der Waals surface area contributed by atoms with E-state index in [9.17, 15) is 9.59 Å². The predicted octanol–water partition coefficient (Wildman–Crippen LogP) is 6.70. The van der Waals surface area contributed by atoms with Gasteiger partial charge in [-0.1, -0.05) is 37.1 Å². The lowest BCUT2D eigenvalue weighted by molar-refractivity contribution is 0.0879. The highest BCUT2D eigenvalue weighted by atomic mass is 16.5. The van der Waals surface area contributed by atoms with Crippen molar-refractivity contribution in [3.05, 3.63) is 83.4 Å². The monoisotopic (exact) mass is 579 g/mol. The smallest absolute Gasteiger partial charge is 0.410 e. The number of nitrogens with zero attached hydrogens (tertiary/aromatic N) is 3. The molecule has 0 atom stereocenters. The third-order valence-corrected chi connectivity index (χ3v) is 8.67. The zero-order chi connectivity index (χ0) is 30.2. The Morgan fingerprint density at radius 2 is 1.65 bits per heavy atom. The SMILES string of the molecule is COC(=O)N(Cc1cccc(-c2ccc(N3CCCCCC3)c(NC(=O)c3ccc(C#N)cc3)c2)c1)C1CCC(N)CC1. The van der Waals surface area contributed by atoms with Crippen LogP contribution in [0.1, 0.15) is 72.9 Å². The van der Waals surface area contributed by atoms with Gasteiger partial charge in [0.2, 0.25) is 0 Å². The molecule has 0 spiro atoms. The van der Waals surface area contributed by atoms with Crippen LogP contribution in [0.3, 0.4) is 0 Å². The summed E-state index contributed by atoms with van der Waals surface area (Å²) in [6, 6.07) is 23.5. The van der Waals surface area contributed by atoms with Crippen molar-refractivity contribution >= 4 is 23.4 Å². The molecule has 0 aromatic heterocycles. The largest absolute Gasteiger partial charge is 0.453 e. The van der Waals surface area contributed by atoms with E-state index in [-0.39, 0.29) is 24.1 Å². The van der Waals surface area contributed by atoms with Crippen molar-refractivity contribution < 1.29 is 14.3 Å². The lowest BCUT2D eigenvalue weighted by Gasteiger charge is -2.35. The van der Waals surface area contributed by atoms with Gasteiger partial charge in [-0.2, -0.15) is 5.26 Å². The molecule has 3 aromatic carbocycles. The predicted molar refractivity (Wildman–Crippen MR) is 170 cm³/mol. The summed E-state index contributed by atoms with van der Waals surface area (Å²) < 4.78 is 5.16. The van der Waals surface area contributed by atoms with Gasteiger partial charge in [0.05, 0.1) is 30.1 Å². The second-order valence-electron chi connectivity index (χ2n) is 11.6. The van der Waals surface area contributed by atoms with Crippen LogP contribution < -0.4 is 16.0 Å². The number of hydrogen-bond donors (Lipinski definition) is 2. The zero-order valence-electron chi connectivity index (χ0n) is 24.9. The van der Waals surface area contributed by atoms with Gasteiger partial charge in [0, 0.05) is 37.3 Å². The molecule has 8 nitrogen and oxygen atoms in total. The van der Waals surface area contributed by atoms with Gasteiger partial charge in [0.15, 0.2) is 0 Å². The van der Waals surface area contributed by atoms with E-state index < -0.39 is 0 Å². The lowest BCUT2D eigenvalue weighted by atomic mass is 9.90. The molecule has 1 aliphatic carbocycles. The van der Waals surface area contributed by atoms with Gasteiger partial charge < -0.3 is 25.6 Å². The van der Waals surface area contributed by atoms with E-state index in [4.69, 9.17) is 15.7 Å². The van der Waals surface area contributed by atoms with Crippen molar-refractivity contribution in [2.45, 2.75) is 70.0 Å². The molecule has 2 amide bonds. The molecule has 2 fully saturated rings. The fourth-order valence-electron chi connectivity index (χ4n) is 6.21. The Kier molecular flexibility index (Phi) is 9.96. The fraction of sp³-hybridized carbons (Fsp3) is 0.400. The van der Waals surface area contributed by atoms with Gasteiger partial charge >= 0.3 is 6.09 Å². The Morgan fingerprint density at radius 1 is 0.953 bits per heavy atom. The van der Waals surface area contributed by atoms with Gasteiger partial charge in [-0.05, 0) is 97.7 Å². The molecule has 8 heteroatoms. The number of carbonyl (C=O) groups is 2. The van der Waals surface area contributed by atoms with E-state index in [0.29, 0.717) is 17.7 Å². The van der Waals surface area contributed by atoms with Crippen LogP contribution in [0.2, 0.25) is 0 Å². The van der Waals surface area contributed by atoms with Crippen LogP contribution in [0.25, 0.3) is 11.1 Å². The average molecular weight is 580 g/mol. The molecule has 3 N–H and O–H groups in total. The summed E-state index contributed by atoms with van der Waals surface area (Å²) in [5.74, 6) is -0.215. The number of carbonyl (C=O) groups excluding carboxylic acids is 2. The van der Waals surface area contributed by atoms with E-state index in [1.165, 1.54) is 20.0 Å². The van der Waals surface area contributed by atoms with Crippen LogP contribution in [0.4, 0.5) is 16.2 Å². The summed E-state index contributed by atoms with van der Waals surface area (Å²) in [6.45, 7) is 2.35. The molecule has 3 aromatic rings. The number of anilines is 2. The standard InChI is InChI=1S/C35H41N5O3/c1-43-35(42)40(31-16-14-30(37)15-17-31)24-26-7-6-8-28(21-26)29-13-18-33(39-19-4-2-3-5-20-39)32(22-29)38-34(41)27-11-9-25(23-36)10-12-27/h6-13,18,21-22,30-31H,2-5,14-17,19-20,24,37H2,1H3,(H,38,41). The Bertz CT molecular complexity index is 1450. The maximum absolute atomic E-state index is 13.3. The normalized spacial score (nSPS) is 18.7. The van der Waals surface area contributed by atoms with Crippen molar-refractivity contribution in [1.29, 1.82) is 5.26 Å². The molecule has 1 heterocycles. The van der Waals surface area contributed by atoms with Crippen LogP contribution in [0.15, 0.2) is 66.7 Å². The minimum atomic E-state index is -0.319. The van der Waals surface area contributed by atoms with Crippen molar-refractivity contribution in [3.63, 3.8) is 0 Å². The number of amides is 2. The molecule has 2 aliphatic rings. The third-order valence-electron chi connectivity index (χ3n) is 8.67. The second-order valence-corrected chi connectivity index (χ2v) is 11.6. The maximum Gasteiger partial charge on any atom is 0.410 e. The fourth-order valence-corrected chi connectivity index (χ4v) is 6.21. The van der Waals surface area contributed by atoms with Crippen molar-refractivity contribution in [2.75, 3.05) is 30.4 Å². The molecule has 0 radical (unpaired) electrons. The number of nitrogens with one attached hydrogen (secondary N) is 1. The van der Waals surface area contributed by atoms with E-state index in [2.05, 4.69) is 40.6 Å². The highest BCUT2D eigenvalue weighted by Crippen LogP contribution is 2.34. The van der Waals surface area contributed by atoms with Gasteiger partial charge in [0.1, 0.15) is 0 Å². The van der Waals surface area contributed by atoms with Crippen molar-refractivity contribution in [2.24, 2.45) is 5.73 Å². The number of benzene rings is 3. The molecule has 1 saturated heterocycles.